The molecule has 27 heavy (non-hydrogen) atoms. The molecule has 7 heteroatoms. The van der Waals surface area contributed by atoms with Gasteiger partial charge in [-0.1, -0.05) is 25.1 Å². The van der Waals surface area contributed by atoms with Gasteiger partial charge in [0.15, 0.2) is 5.13 Å². The van der Waals surface area contributed by atoms with Gasteiger partial charge >= 0.3 is 5.97 Å². The van der Waals surface area contributed by atoms with Gasteiger partial charge in [-0.25, -0.2) is 9.78 Å². The summed E-state index contributed by atoms with van der Waals surface area (Å²) in [5, 5.41) is 8.69. The van der Waals surface area contributed by atoms with Crippen LogP contribution in [0.1, 0.15) is 23.7 Å². The lowest BCUT2D eigenvalue weighted by atomic mass is 10.1. The topological polar surface area (TPSA) is 80.3 Å². The molecule has 0 aliphatic heterocycles. The van der Waals surface area contributed by atoms with E-state index in [9.17, 15) is 9.59 Å². The van der Waals surface area contributed by atoms with E-state index in [1.54, 1.807) is 18.2 Å². The number of thiazole rings is 1. The van der Waals surface area contributed by atoms with Crippen molar-refractivity contribution in [2.24, 2.45) is 0 Å². The highest BCUT2D eigenvalue weighted by Gasteiger charge is 2.08. The average molecular weight is 381 g/mol. The number of amides is 1. The highest BCUT2D eigenvalue weighted by molar-refractivity contribution is 7.14. The third kappa shape index (κ3) is 4.71. The molecule has 0 saturated heterocycles. The summed E-state index contributed by atoms with van der Waals surface area (Å²) in [6.45, 7) is 1.81. The summed E-state index contributed by atoms with van der Waals surface area (Å²) in [5.41, 5.74) is 3.79. The van der Waals surface area contributed by atoms with Crippen molar-refractivity contribution in [2.45, 2.75) is 13.3 Å². The molecule has 0 aliphatic carbocycles. The van der Waals surface area contributed by atoms with Gasteiger partial charge < -0.3 is 15.4 Å². The third-order valence-electron chi connectivity index (χ3n) is 3.82. The third-order valence-corrected chi connectivity index (χ3v) is 4.58. The van der Waals surface area contributed by atoms with Crippen molar-refractivity contribution in [3.05, 3.63) is 59.5 Å². The minimum Gasteiger partial charge on any atom is -0.465 e. The lowest BCUT2D eigenvalue weighted by Gasteiger charge is -2.05. The van der Waals surface area contributed by atoms with Crippen molar-refractivity contribution in [2.75, 3.05) is 17.7 Å². The van der Waals surface area contributed by atoms with E-state index < -0.39 is 0 Å². The molecular weight excluding hydrogens is 362 g/mol. The van der Waals surface area contributed by atoms with Gasteiger partial charge in [-0.2, -0.15) is 0 Å². The SMILES string of the molecule is CCC(=O)Nc1ccc(-c2csc(Nc3cccc(C(=O)OC)c3)n2)cc1. The Labute approximate surface area is 161 Å². The number of nitrogens with one attached hydrogen (secondary N) is 2. The number of carbonyl (C=O) groups excluding carboxylic acids is 2. The largest absolute Gasteiger partial charge is 0.465 e. The fraction of sp³-hybridized carbons (Fsp3) is 0.150. The minimum absolute atomic E-state index is 0.0166. The van der Waals surface area contributed by atoms with Crippen LogP contribution < -0.4 is 10.6 Å². The summed E-state index contributed by atoms with van der Waals surface area (Å²) >= 11 is 1.47. The van der Waals surface area contributed by atoms with E-state index >= 15 is 0 Å². The number of hydrogen-bond donors (Lipinski definition) is 2. The smallest absolute Gasteiger partial charge is 0.337 e. The van der Waals surface area contributed by atoms with Crippen LogP contribution in [0.5, 0.6) is 0 Å². The lowest BCUT2D eigenvalue weighted by molar-refractivity contribution is -0.115. The van der Waals surface area contributed by atoms with Crippen LogP contribution in [-0.4, -0.2) is 24.0 Å². The molecule has 1 heterocycles. The Kier molecular flexibility index (Phi) is 5.83. The molecule has 0 aliphatic rings. The molecule has 138 valence electrons. The zero-order valence-electron chi connectivity index (χ0n) is 15.0. The average Bonchev–Trinajstić information content (AvgIpc) is 3.16. The Morgan fingerprint density at radius 3 is 2.59 bits per heavy atom. The molecule has 0 spiro atoms. The molecule has 1 amide bonds. The van der Waals surface area contributed by atoms with Crippen LogP contribution in [0.15, 0.2) is 53.9 Å². The van der Waals surface area contributed by atoms with Crippen LogP contribution in [-0.2, 0) is 9.53 Å². The molecule has 2 aromatic carbocycles. The molecule has 0 radical (unpaired) electrons. The molecule has 0 atom stereocenters. The number of ether oxygens (including phenoxy) is 1. The second-order valence-corrected chi connectivity index (χ2v) is 6.57. The zero-order valence-corrected chi connectivity index (χ0v) is 15.8. The standard InChI is InChI=1S/C20H19N3O3S/c1-3-18(24)21-15-9-7-13(8-10-15)17-12-27-20(23-17)22-16-6-4-5-14(11-16)19(25)26-2/h4-12H,3H2,1-2H3,(H,21,24)(H,22,23). The number of rotatable bonds is 6. The van der Waals surface area contributed by atoms with Crippen LogP contribution >= 0.6 is 11.3 Å². The number of esters is 1. The summed E-state index contributed by atoms with van der Waals surface area (Å²) < 4.78 is 4.74. The second kappa shape index (κ2) is 8.46. The van der Waals surface area contributed by atoms with Gasteiger partial charge in [0.2, 0.25) is 5.91 Å². The van der Waals surface area contributed by atoms with E-state index in [4.69, 9.17) is 4.74 Å². The van der Waals surface area contributed by atoms with Crippen LogP contribution in [0.3, 0.4) is 0 Å². The number of nitrogens with zero attached hydrogens (tertiary/aromatic N) is 1. The summed E-state index contributed by atoms with van der Waals surface area (Å²) in [5.74, 6) is -0.397. The first-order valence-corrected chi connectivity index (χ1v) is 9.28. The summed E-state index contributed by atoms with van der Waals surface area (Å²) in [6.07, 6.45) is 0.444. The molecule has 3 aromatic rings. The van der Waals surface area contributed by atoms with E-state index in [2.05, 4.69) is 15.6 Å². The number of hydrogen-bond acceptors (Lipinski definition) is 6. The number of aromatic nitrogens is 1. The maximum absolute atomic E-state index is 11.6. The van der Waals surface area contributed by atoms with E-state index in [1.165, 1.54) is 18.4 Å². The van der Waals surface area contributed by atoms with Crippen LogP contribution in [0, 0.1) is 0 Å². The highest BCUT2D eigenvalue weighted by atomic mass is 32.1. The number of anilines is 3. The fourth-order valence-corrected chi connectivity index (χ4v) is 3.14. The van der Waals surface area contributed by atoms with Crippen molar-refractivity contribution in [1.29, 1.82) is 0 Å². The summed E-state index contributed by atoms with van der Waals surface area (Å²) in [6, 6.07) is 14.6. The summed E-state index contributed by atoms with van der Waals surface area (Å²) in [7, 11) is 1.36. The Hall–Kier alpha value is -3.19. The van der Waals surface area contributed by atoms with Gasteiger partial charge in [0, 0.05) is 28.7 Å². The first-order chi connectivity index (χ1) is 13.1. The van der Waals surface area contributed by atoms with Gasteiger partial charge in [0.05, 0.1) is 18.4 Å². The summed E-state index contributed by atoms with van der Waals surface area (Å²) in [4.78, 5) is 27.7. The molecule has 0 unspecified atom stereocenters. The second-order valence-electron chi connectivity index (χ2n) is 5.71. The number of methoxy groups -OCH3 is 1. The number of carbonyl (C=O) groups is 2. The van der Waals surface area contributed by atoms with Gasteiger partial charge in [-0.3, -0.25) is 4.79 Å². The predicted octanol–water partition coefficient (Wildman–Crippen LogP) is 4.69. The van der Waals surface area contributed by atoms with E-state index in [0.29, 0.717) is 12.0 Å². The van der Waals surface area contributed by atoms with Gasteiger partial charge in [-0.15, -0.1) is 11.3 Å². The first kappa shape index (κ1) is 18.6. The van der Waals surface area contributed by atoms with Gasteiger partial charge in [0.25, 0.3) is 0 Å². The fourth-order valence-electron chi connectivity index (χ4n) is 2.40. The predicted molar refractivity (Wildman–Crippen MR) is 108 cm³/mol. The van der Waals surface area contributed by atoms with E-state index in [-0.39, 0.29) is 11.9 Å². The zero-order chi connectivity index (χ0) is 19.2. The Morgan fingerprint density at radius 1 is 1.11 bits per heavy atom. The van der Waals surface area contributed by atoms with Crippen LogP contribution in [0.25, 0.3) is 11.3 Å². The normalized spacial score (nSPS) is 10.3. The Morgan fingerprint density at radius 2 is 1.89 bits per heavy atom. The molecule has 0 fully saturated rings. The Balaban J connectivity index is 1.71. The van der Waals surface area contributed by atoms with Crippen molar-refractivity contribution in [3.63, 3.8) is 0 Å². The van der Waals surface area contributed by atoms with E-state index in [0.717, 1.165) is 27.8 Å². The van der Waals surface area contributed by atoms with Gasteiger partial charge in [-0.05, 0) is 30.3 Å². The quantitative estimate of drug-likeness (QED) is 0.606. The molecule has 3 rings (SSSR count). The maximum Gasteiger partial charge on any atom is 0.337 e. The van der Waals surface area contributed by atoms with Crippen molar-refractivity contribution in [1.82, 2.24) is 4.98 Å². The van der Waals surface area contributed by atoms with E-state index in [1.807, 2.05) is 42.6 Å². The number of benzene rings is 2. The lowest BCUT2D eigenvalue weighted by Crippen LogP contribution is -2.08. The Bertz CT molecular complexity index is 951. The monoisotopic (exact) mass is 381 g/mol. The van der Waals surface area contributed by atoms with Crippen molar-refractivity contribution in [3.8, 4) is 11.3 Å². The minimum atomic E-state index is -0.381. The molecule has 1 aromatic heterocycles. The molecule has 0 bridgehead atoms. The highest BCUT2D eigenvalue weighted by Crippen LogP contribution is 2.28. The maximum atomic E-state index is 11.6. The van der Waals surface area contributed by atoms with Crippen molar-refractivity contribution >= 4 is 39.7 Å². The molecular formula is C20H19N3O3S. The van der Waals surface area contributed by atoms with Crippen LogP contribution in [0.4, 0.5) is 16.5 Å². The van der Waals surface area contributed by atoms with Crippen LogP contribution in [0.2, 0.25) is 0 Å². The van der Waals surface area contributed by atoms with Crippen molar-refractivity contribution < 1.29 is 14.3 Å². The first-order valence-electron chi connectivity index (χ1n) is 8.40. The molecule has 0 saturated carbocycles. The molecule has 2 N–H and O–H groups in total. The van der Waals surface area contributed by atoms with Gasteiger partial charge in [0.1, 0.15) is 0 Å². The molecule has 6 nitrogen and oxygen atoms in total.